The molecule has 0 aliphatic carbocycles. The van der Waals surface area contributed by atoms with Gasteiger partial charge >= 0.3 is 12.0 Å². The largest absolute Gasteiger partial charge is 0.481 e. The molecule has 0 aliphatic heterocycles. The molecule has 0 fully saturated rings. The van der Waals surface area contributed by atoms with Gasteiger partial charge in [0, 0.05) is 31.4 Å². The van der Waals surface area contributed by atoms with E-state index in [1.807, 2.05) is 20.2 Å². The predicted molar refractivity (Wildman–Crippen MR) is 78.7 cm³/mol. The van der Waals surface area contributed by atoms with Gasteiger partial charge in [-0.1, -0.05) is 13.3 Å². The third kappa shape index (κ3) is 6.78. The van der Waals surface area contributed by atoms with E-state index in [2.05, 4.69) is 15.7 Å². The fourth-order valence-electron chi connectivity index (χ4n) is 1.95. The lowest BCUT2D eigenvalue weighted by Crippen LogP contribution is -2.40. The monoisotopic (exact) mass is 296 g/mol. The summed E-state index contributed by atoms with van der Waals surface area (Å²) in [5.41, 5.74) is 0.940. The zero-order chi connectivity index (χ0) is 15.8. The fourth-order valence-corrected chi connectivity index (χ4v) is 1.95. The Morgan fingerprint density at radius 1 is 1.38 bits per heavy atom. The van der Waals surface area contributed by atoms with Crippen LogP contribution in [0, 0.1) is 5.92 Å². The lowest BCUT2D eigenvalue weighted by molar-refractivity contribution is -0.141. The Balaban J connectivity index is 2.17. The SMILES string of the molecule is CC(CCCC(C)C(=O)O)NC(=O)NCc1cnn(C)c1. The Morgan fingerprint density at radius 2 is 2.10 bits per heavy atom. The minimum atomic E-state index is -0.773. The van der Waals surface area contributed by atoms with Gasteiger partial charge in [0.05, 0.1) is 12.1 Å². The van der Waals surface area contributed by atoms with Gasteiger partial charge in [0.15, 0.2) is 0 Å². The predicted octanol–water partition coefficient (Wildman–Crippen LogP) is 1.50. The highest BCUT2D eigenvalue weighted by atomic mass is 16.4. The van der Waals surface area contributed by atoms with Crippen molar-refractivity contribution >= 4 is 12.0 Å². The summed E-state index contributed by atoms with van der Waals surface area (Å²) in [6, 6.07) is -0.211. The van der Waals surface area contributed by atoms with Crippen LogP contribution in [0.25, 0.3) is 0 Å². The van der Waals surface area contributed by atoms with Crippen molar-refractivity contribution in [2.75, 3.05) is 0 Å². The van der Waals surface area contributed by atoms with Crippen molar-refractivity contribution in [3.63, 3.8) is 0 Å². The van der Waals surface area contributed by atoms with Gasteiger partial charge in [0.25, 0.3) is 0 Å². The van der Waals surface area contributed by atoms with Gasteiger partial charge in [0.1, 0.15) is 0 Å². The van der Waals surface area contributed by atoms with E-state index in [4.69, 9.17) is 5.11 Å². The number of aryl methyl sites for hydroxylation is 1. The molecule has 0 saturated heterocycles. The molecule has 0 saturated carbocycles. The van der Waals surface area contributed by atoms with E-state index in [-0.39, 0.29) is 18.0 Å². The number of carboxylic acids is 1. The third-order valence-corrected chi connectivity index (χ3v) is 3.28. The normalized spacial score (nSPS) is 13.5. The van der Waals surface area contributed by atoms with Crippen LogP contribution in [-0.4, -0.2) is 32.9 Å². The number of aliphatic carboxylic acids is 1. The summed E-state index contributed by atoms with van der Waals surface area (Å²) in [5, 5.41) is 18.4. The average Bonchev–Trinajstić information content (AvgIpc) is 2.82. The van der Waals surface area contributed by atoms with Crippen molar-refractivity contribution in [3.05, 3.63) is 18.0 Å². The quantitative estimate of drug-likeness (QED) is 0.677. The number of carbonyl (C=O) groups excluding carboxylic acids is 1. The molecule has 7 nitrogen and oxygen atoms in total. The first-order valence-electron chi connectivity index (χ1n) is 7.13. The highest BCUT2D eigenvalue weighted by molar-refractivity contribution is 5.74. The Bertz CT molecular complexity index is 473. The second-order valence-corrected chi connectivity index (χ2v) is 5.42. The smallest absolute Gasteiger partial charge is 0.315 e. The topological polar surface area (TPSA) is 96.2 Å². The van der Waals surface area contributed by atoms with Gasteiger partial charge in [-0.3, -0.25) is 9.48 Å². The van der Waals surface area contributed by atoms with Gasteiger partial charge in [-0.25, -0.2) is 4.79 Å². The summed E-state index contributed by atoms with van der Waals surface area (Å²) in [5.74, 6) is -1.11. The summed E-state index contributed by atoms with van der Waals surface area (Å²) < 4.78 is 1.68. The van der Waals surface area contributed by atoms with Crippen LogP contribution in [0.1, 0.15) is 38.7 Å². The molecule has 2 unspecified atom stereocenters. The number of rotatable bonds is 8. The van der Waals surface area contributed by atoms with Crippen LogP contribution < -0.4 is 10.6 Å². The Hall–Kier alpha value is -2.05. The molecule has 0 aliphatic rings. The number of aromatic nitrogens is 2. The number of hydrogen-bond acceptors (Lipinski definition) is 3. The van der Waals surface area contributed by atoms with Gasteiger partial charge in [-0.2, -0.15) is 5.10 Å². The van der Waals surface area contributed by atoms with Crippen molar-refractivity contribution in [1.82, 2.24) is 20.4 Å². The maximum atomic E-state index is 11.7. The first kappa shape index (κ1) is 17.0. The summed E-state index contributed by atoms with van der Waals surface area (Å²) in [6.07, 6.45) is 5.71. The molecule has 1 heterocycles. The number of nitrogens with one attached hydrogen (secondary N) is 2. The molecule has 118 valence electrons. The number of hydrogen-bond donors (Lipinski definition) is 3. The van der Waals surface area contributed by atoms with Crippen molar-refractivity contribution in [3.8, 4) is 0 Å². The standard InChI is InChI=1S/C14H24N4O3/c1-10(13(19)20)5-4-6-11(2)17-14(21)15-7-12-8-16-18(3)9-12/h8-11H,4-7H2,1-3H3,(H,19,20)(H2,15,17,21). The number of carbonyl (C=O) groups is 2. The zero-order valence-corrected chi connectivity index (χ0v) is 12.8. The highest BCUT2D eigenvalue weighted by Gasteiger charge is 2.12. The molecule has 1 aromatic rings. The van der Waals surface area contributed by atoms with Crippen molar-refractivity contribution in [2.45, 2.75) is 45.7 Å². The molecule has 2 atom stereocenters. The van der Waals surface area contributed by atoms with E-state index < -0.39 is 5.97 Å². The van der Waals surface area contributed by atoms with Crippen LogP contribution in [0.3, 0.4) is 0 Å². The van der Waals surface area contributed by atoms with Crippen LogP contribution >= 0.6 is 0 Å². The number of nitrogens with zero attached hydrogens (tertiary/aromatic N) is 2. The first-order chi connectivity index (χ1) is 9.88. The van der Waals surface area contributed by atoms with E-state index in [0.717, 1.165) is 18.4 Å². The minimum Gasteiger partial charge on any atom is -0.481 e. The zero-order valence-electron chi connectivity index (χ0n) is 12.8. The lowest BCUT2D eigenvalue weighted by atomic mass is 10.0. The molecule has 3 N–H and O–H groups in total. The van der Waals surface area contributed by atoms with Gasteiger partial charge in [0.2, 0.25) is 0 Å². The second-order valence-electron chi connectivity index (χ2n) is 5.42. The molecule has 0 bridgehead atoms. The minimum absolute atomic E-state index is 0.0138. The maximum absolute atomic E-state index is 11.7. The Morgan fingerprint density at radius 3 is 2.67 bits per heavy atom. The highest BCUT2D eigenvalue weighted by Crippen LogP contribution is 2.09. The molecular weight excluding hydrogens is 272 g/mol. The third-order valence-electron chi connectivity index (χ3n) is 3.28. The molecule has 2 amide bonds. The van der Waals surface area contributed by atoms with Crippen LogP contribution in [0.5, 0.6) is 0 Å². The molecule has 7 heteroatoms. The lowest BCUT2D eigenvalue weighted by Gasteiger charge is -2.15. The van der Waals surface area contributed by atoms with E-state index in [9.17, 15) is 9.59 Å². The maximum Gasteiger partial charge on any atom is 0.315 e. The van der Waals surface area contributed by atoms with E-state index in [1.165, 1.54) is 0 Å². The van der Waals surface area contributed by atoms with E-state index in [0.29, 0.717) is 13.0 Å². The molecule has 21 heavy (non-hydrogen) atoms. The summed E-state index contributed by atoms with van der Waals surface area (Å²) in [6.45, 7) is 4.04. The van der Waals surface area contributed by atoms with Crippen molar-refractivity contribution < 1.29 is 14.7 Å². The van der Waals surface area contributed by atoms with Crippen molar-refractivity contribution in [2.24, 2.45) is 13.0 Å². The van der Waals surface area contributed by atoms with Crippen LogP contribution in [0.4, 0.5) is 4.79 Å². The van der Waals surface area contributed by atoms with Crippen LogP contribution in [0.15, 0.2) is 12.4 Å². The summed E-state index contributed by atoms with van der Waals surface area (Å²) in [7, 11) is 1.82. The Labute approximate surface area is 124 Å². The van der Waals surface area contributed by atoms with Gasteiger partial charge in [-0.05, 0) is 19.8 Å². The molecular formula is C14H24N4O3. The van der Waals surface area contributed by atoms with Crippen molar-refractivity contribution in [1.29, 1.82) is 0 Å². The summed E-state index contributed by atoms with van der Waals surface area (Å²) >= 11 is 0. The van der Waals surface area contributed by atoms with Crippen LogP contribution in [0.2, 0.25) is 0 Å². The van der Waals surface area contributed by atoms with Gasteiger partial charge < -0.3 is 15.7 Å². The first-order valence-corrected chi connectivity index (χ1v) is 7.13. The van der Waals surface area contributed by atoms with E-state index in [1.54, 1.807) is 17.8 Å². The number of urea groups is 1. The second kappa shape index (κ2) is 8.28. The van der Waals surface area contributed by atoms with Gasteiger partial charge in [-0.15, -0.1) is 0 Å². The molecule has 1 aromatic heterocycles. The molecule has 0 aromatic carbocycles. The molecule has 0 radical (unpaired) electrons. The number of amides is 2. The number of carboxylic acid groups (broad SMARTS) is 1. The Kier molecular flexibility index (Phi) is 6.71. The van der Waals surface area contributed by atoms with E-state index >= 15 is 0 Å². The molecule has 0 spiro atoms. The molecule has 1 rings (SSSR count). The fraction of sp³-hybridized carbons (Fsp3) is 0.643. The summed E-state index contributed by atoms with van der Waals surface area (Å²) in [4.78, 5) is 22.4. The average molecular weight is 296 g/mol. The van der Waals surface area contributed by atoms with Crippen LogP contribution in [-0.2, 0) is 18.4 Å².